The molecule has 1 aliphatic rings. The lowest BCUT2D eigenvalue weighted by Gasteiger charge is -2.15. The second kappa shape index (κ2) is 15.8. The Morgan fingerprint density at radius 2 is 1.85 bits per heavy atom. The number of carboxylic acid groups (broad SMARTS) is 1. The third-order valence-electron chi connectivity index (χ3n) is 4.03. The van der Waals surface area contributed by atoms with Gasteiger partial charge in [-0.05, 0) is 50.4 Å². The Balaban J connectivity index is 0.000000382. The van der Waals surface area contributed by atoms with E-state index in [1.807, 2.05) is 0 Å². The zero-order chi connectivity index (χ0) is 20.7. The number of unbranched alkanes of at least 4 members (excludes halogenated alkanes) is 1. The van der Waals surface area contributed by atoms with Crippen LogP contribution in [0.4, 0.5) is 0 Å². The number of aldehydes is 1. The topological polar surface area (TPSA) is 132 Å². The molecule has 2 rings (SSSR count). The van der Waals surface area contributed by atoms with Crippen molar-refractivity contribution >= 4 is 35.5 Å². The molecule has 0 saturated heterocycles. The number of carbonyl (C=O) groups excluding carboxylic acids is 1. The van der Waals surface area contributed by atoms with Gasteiger partial charge in [0.15, 0.2) is 6.29 Å². The van der Waals surface area contributed by atoms with Crippen molar-refractivity contribution in [3.05, 3.63) is 33.8 Å². The SMILES string of the molecule is NC1CCCCC1.NCCCC[C@@H](N)C(=O)O.O=Cc1ccc(Cl)cc1Cl. The second-order valence-corrected chi connectivity index (χ2v) is 7.25. The van der Waals surface area contributed by atoms with Gasteiger partial charge in [0.25, 0.3) is 0 Å². The molecule has 0 aromatic heterocycles. The highest BCUT2D eigenvalue weighted by molar-refractivity contribution is 6.36. The summed E-state index contributed by atoms with van der Waals surface area (Å²) in [5.74, 6) is -0.933. The molecule has 1 atom stereocenters. The van der Waals surface area contributed by atoms with Gasteiger partial charge in [-0.15, -0.1) is 0 Å². The summed E-state index contributed by atoms with van der Waals surface area (Å²) >= 11 is 11.2. The molecule has 8 heteroatoms. The Labute approximate surface area is 171 Å². The van der Waals surface area contributed by atoms with Crippen molar-refractivity contribution in [2.75, 3.05) is 6.54 Å². The van der Waals surface area contributed by atoms with Crippen LogP contribution < -0.4 is 17.2 Å². The molecule has 27 heavy (non-hydrogen) atoms. The van der Waals surface area contributed by atoms with Crippen molar-refractivity contribution in [2.45, 2.75) is 63.5 Å². The maximum Gasteiger partial charge on any atom is 0.320 e. The van der Waals surface area contributed by atoms with Crippen molar-refractivity contribution in [1.29, 1.82) is 0 Å². The van der Waals surface area contributed by atoms with Crippen LogP contribution in [0.1, 0.15) is 61.7 Å². The van der Waals surface area contributed by atoms with E-state index in [9.17, 15) is 9.59 Å². The summed E-state index contributed by atoms with van der Waals surface area (Å²) in [5, 5.41) is 9.25. The molecule has 1 fully saturated rings. The number of carbonyl (C=O) groups is 2. The van der Waals surface area contributed by atoms with Gasteiger partial charge in [0, 0.05) is 16.6 Å². The highest BCUT2D eigenvalue weighted by atomic mass is 35.5. The third kappa shape index (κ3) is 13.6. The molecule has 1 aromatic carbocycles. The quantitative estimate of drug-likeness (QED) is 0.411. The zero-order valence-corrected chi connectivity index (χ0v) is 17.1. The van der Waals surface area contributed by atoms with E-state index in [0.29, 0.717) is 40.9 Å². The summed E-state index contributed by atoms with van der Waals surface area (Å²) in [6, 6.07) is 4.56. The van der Waals surface area contributed by atoms with Gasteiger partial charge in [-0.2, -0.15) is 0 Å². The molecule has 0 amide bonds. The predicted octanol–water partition coefficient (Wildman–Crippen LogP) is 3.61. The number of nitrogens with two attached hydrogens (primary N) is 3. The van der Waals surface area contributed by atoms with Crippen molar-refractivity contribution in [1.82, 2.24) is 0 Å². The number of halogens is 2. The van der Waals surface area contributed by atoms with Crippen LogP contribution in [-0.2, 0) is 4.79 Å². The van der Waals surface area contributed by atoms with E-state index in [1.54, 1.807) is 12.1 Å². The molecule has 1 saturated carbocycles. The first kappa shape index (κ1) is 25.8. The van der Waals surface area contributed by atoms with Crippen LogP contribution in [-0.4, -0.2) is 36.0 Å². The molecule has 0 radical (unpaired) electrons. The Hall–Kier alpha value is -1.18. The minimum atomic E-state index is -0.933. The zero-order valence-electron chi connectivity index (χ0n) is 15.6. The van der Waals surface area contributed by atoms with Crippen LogP contribution in [0.2, 0.25) is 10.0 Å². The van der Waals surface area contributed by atoms with Crippen LogP contribution >= 0.6 is 23.2 Å². The molecule has 154 valence electrons. The summed E-state index contributed by atoms with van der Waals surface area (Å²) in [7, 11) is 0. The number of hydrogen-bond donors (Lipinski definition) is 4. The van der Waals surface area contributed by atoms with Crippen LogP contribution in [0, 0.1) is 0 Å². The van der Waals surface area contributed by atoms with Crippen LogP contribution in [0.5, 0.6) is 0 Å². The smallest absolute Gasteiger partial charge is 0.320 e. The first-order valence-electron chi connectivity index (χ1n) is 9.16. The lowest BCUT2D eigenvalue weighted by Crippen LogP contribution is -2.29. The Morgan fingerprint density at radius 3 is 2.26 bits per heavy atom. The Morgan fingerprint density at radius 1 is 1.22 bits per heavy atom. The Bertz CT molecular complexity index is 553. The molecule has 0 bridgehead atoms. The fourth-order valence-corrected chi connectivity index (χ4v) is 2.82. The predicted molar refractivity (Wildman–Crippen MR) is 111 cm³/mol. The van der Waals surface area contributed by atoms with Gasteiger partial charge < -0.3 is 22.3 Å². The largest absolute Gasteiger partial charge is 0.480 e. The Kier molecular flexibility index (Phi) is 15.1. The van der Waals surface area contributed by atoms with Gasteiger partial charge in [0.05, 0.1) is 5.02 Å². The van der Waals surface area contributed by atoms with Crippen molar-refractivity contribution in [3.8, 4) is 0 Å². The molecule has 1 aromatic rings. The molecule has 0 unspecified atom stereocenters. The summed E-state index contributed by atoms with van der Waals surface area (Å²) in [6.45, 7) is 0.604. The van der Waals surface area contributed by atoms with E-state index in [0.717, 1.165) is 12.8 Å². The highest BCUT2D eigenvalue weighted by Gasteiger charge is 2.09. The molecule has 1 aliphatic carbocycles. The average Bonchev–Trinajstić information content (AvgIpc) is 2.63. The van der Waals surface area contributed by atoms with Gasteiger partial charge in [-0.25, -0.2) is 0 Å². The van der Waals surface area contributed by atoms with Crippen molar-refractivity contribution in [2.24, 2.45) is 17.2 Å². The fourth-order valence-electron chi connectivity index (χ4n) is 2.36. The maximum atomic E-state index is 10.2. The summed E-state index contributed by atoms with van der Waals surface area (Å²) in [4.78, 5) is 20.3. The lowest BCUT2D eigenvalue weighted by atomic mass is 9.97. The molecule has 0 spiro atoms. The molecule has 0 heterocycles. The van der Waals surface area contributed by atoms with Crippen molar-refractivity contribution in [3.63, 3.8) is 0 Å². The van der Waals surface area contributed by atoms with E-state index in [2.05, 4.69) is 0 Å². The van der Waals surface area contributed by atoms with E-state index >= 15 is 0 Å². The van der Waals surface area contributed by atoms with Crippen LogP contribution in [0.3, 0.4) is 0 Å². The normalized spacial score (nSPS) is 14.9. The number of benzene rings is 1. The second-order valence-electron chi connectivity index (χ2n) is 6.41. The first-order chi connectivity index (χ1) is 12.8. The fraction of sp³-hybridized carbons (Fsp3) is 0.579. The first-order valence-corrected chi connectivity index (χ1v) is 9.91. The monoisotopic (exact) mass is 419 g/mol. The highest BCUT2D eigenvalue weighted by Crippen LogP contribution is 2.19. The van der Waals surface area contributed by atoms with E-state index in [4.69, 9.17) is 45.5 Å². The number of aliphatic carboxylic acids is 1. The minimum Gasteiger partial charge on any atom is -0.480 e. The van der Waals surface area contributed by atoms with Gasteiger partial charge in [0.1, 0.15) is 6.04 Å². The molecular weight excluding hydrogens is 389 g/mol. The molecular formula is C19H31Cl2N3O3. The van der Waals surface area contributed by atoms with E-state index in [-0.39, 0.29) is 0 Å². The third-order valence-corrected chi connectivity index (χ3v) is 4.59. The minimum absolute atomic E-state index is 0.391. The van der Waals surface area contributed by atoms with Crippen molar-refractivity contribution < 1.29 is 14.7 Å². The summed E-state index contributed by atoms with van der Waals surface area (Å²) in [5.41, 5.74) is 16.5. The van der Waals surface area contributed by atoms with Crippen LogP contribution in [0.15, 0.2) is 18.2 Å². The van der Waals surface area contributed by atoms with Gasteiger partial charge in [0.2, 0.25) is 0 Å². The average molecular weight is 420 g/mol. The lowest BCUT2D eigenvalue weighted by molar-refractivity contribution is -0.138. The summed E-state index contributed by atoms with van der Waals surface area (Å²) in [6.07, 6.45) is 9.52. The maximum absolute atomic E-state index is 10.2. The molecule has 7 N–H and O–H groups in total. The molecule has 0 aliphatic heterocycles. The van der Waals surface area contributed by atoms with E-state index in [1.165, 1.54) is 38.2 Å². The summed E-state index contributed by atoms with van der Waals surface area (Å²) < 4.78 is 0. The van der Waals surface area contributed by atoms with Gasteiger partial charge in [-0.3, -0.25) is 9.59 Å². The number of hydrogen-bond acceptors (Lipinski definition) is 5. The van der Waals surface area contributed by atoms with Gasteiger partial charge >= 0.3 is 5.97 Å². The van der Waals surface area contributed by atoms with Crippen LogP contribution in [0.25, 0.3) is 0 Å². The number of rotatable bonds is 6. The standard InChI is InChI=1S/C7H4Cl2O.C6H14N2O2.C6H13N/c8-6-2-1-5(4-10)7(9)3-6;7-4-2-1-3-5(8)6(9)10;7-6-4-2-1-3-5-6/h1-4H;5H,1-4,7-8H2,(H,9,10);6H,1-5,7H2/t;5-;/m.1./s1. The number of carboxylic acids is 1. The van der Waals surface area contributed by atoms with Gasteiger partial charge in [-0.1, -0.05) is 48.9 Å². The van der Waals surface area contributed by atoms with E-state index < -0.39 is 12.0 Å². The molecule has 6 nitrogen and oxygen atoms in total.